The molecular weight excluding hydrogens is 442 g/mol. The highest BCUT2D eigenvalue weighted by atomic mass is 28.4. The largest absolute Gasteiger partial charge is 0.412 e. The number of benzene rings is 1. The SMILES string of the molecule is CC(C)(C)[Si](C)(C)O[C@]1(C)CC[C@H]2[C@H](CC[C@@H]3[C@@H]2CC[C@]2(C)C(c4cccc(C#N)c4)=CC[C@@H]32)C1. The number of nitriles is 1. The summed E-state index contributed by atoms with van der Waals surface area (Å²) in [7, 11) is -1.76. The zero-order valence-electron chi connectivity index (χ0n) is 23.3. The molecule has 5 rings (SSSR count). The van der Waals surface area contributed by atoms with Crippen molar-refractivity contribution in [3.63, 3.8) is 0 Å². The number of hydrogen-bond donors (Lipinski definition) is 0. The van der Waals surface area contributed by atoms with Crippen LogP contribution in [0.25, 0.3) is 5.57 Å². The molecule has 7 atom stereocenters. The summed E-state index contributed by atoms with van der Waals surface area (Å²) in [6, 6.07) is 10.7. The van der Waals surface area contributed by atoms with Gasteiger partial charge in [0.1, 0.15) is 0 Å². The fraction of sp³-hybridized carbons (Fsp3) is 0.719. The van der Waals surface area contributed by atoms with E-state index in [9.17, 15) is 5.26 Å². The molecule has 0 amide bonds. The Balaban J connectivity index is 1.31. The van der Waals surface area contributed by atoms with Crippen molar-refractivity contribution in [1.82, 2.24) is 0 Å². The first kappa shape index (κ1) is 25.3. The molecular formula is C32H47NOSi. The summed E-state index contributed by atoms with van der Waals surface area (Å²) in [5.74, 6) is 4.31. The van der Waals surface area contributed by atoms with Crippen LogP contribution in [0.5, 0.6) is 0 Å². The van der Waals surface area contributed by atoms with Gasteiger partial charge in [0.2, 0.25) is 0 Å². The van der Waals surface area contributed by atoms with Crippen molar-refractivity contribution < 1.29 is 4.43 Å². The van der Waals surface area contributed by atoms with E-state index in [0.29, 0.717) is 0 Å². The maximum atomic E-state index is 9.43. The second-order valence-corrected chi connectivity index (χ2v) is 19.2. The molecule has 3 fully saturated rings. The Hall–Kier alpha value is -1.37. The van der Waals surface area contributed by atoms with Crippen molar-refractivity contribution in [2.75, 3.05) is 0 Å². The number of nitrogens with zero attached hydrogens (tertiary/aromatic N) is 1. The average molecular weight is 490 g/mol. The van der Waals surface area contributed by atoms with Gasteiger partial charge in [0.25, 0.3) is 0 Å². The average Bonchev–Trinajstić information content (AvgIpc) is 3.14. The first-order chi connectivity index (χ1) is 16.4. The Morgan fingerprint density at radius 2 is 1.74 bits per heavy atom. The zero-order chi connectivity index (χ0) is 25.2. The van der Waals surface area contributed by atoms with Gasteiger partial charge in [-0.15, -0.1) is 0 Å². The van der Waals surface area contributed by atoms with Gasteiger partial charge in [-0.25, -0.2) is 0 Å². The van der Waals surface area contributed by atoms with Crippen LogP contribution in [0.15, 0.2) is 30.3 Å². The van der Waals surface area contributed by atoms with E-state index in [0.717, 1.165) is 35.2 Å². The van der Waals surface area contributed by atoms with Crippen molar-refractivity contribution >= 4 is 13.9 Å². The summed E-state index contributed by atoms with van der Waals surface area (Å²) < 4.78 is 7.09. The van der Waals surface area contributed by atoms with Crippen LogP contribution in [-0.2, 0) is 4.43 Å². The van der Waals surface area contributed by atoms with Gasteiger partial charge in [-0.2, -0.15) is 5.26 Å². The molecule has 4 aliphatic rings. The Morgan fingerprint density at radius 1 is 1.00 bits per heavy atom. The molecule has 0 heterocycles. The van der Waals surface area contributed by atoms with E-state index >= 15 is 0 Å². The van der Waals surface area contributed by atoms with Gasteiger partial charge < -0.3 is 4.43 Å². The highest BCUT2D eigenvalue weighted by Gasteiger charge is 2.56. The van der Waals surface area contributed by atoms with Gasteiger partial charge in [0.05, 0.1) is 17.2 Å². The molecule has 0 aromatic heterocycles. The summed E-state index contributed by atoms with van der Waals surface area (Å²) >= 11 is 0. The maximum Gasteiger partial charge on any atom is 0.192 e. The van der Waals surface area contributed by atoms with E-state index in [1.54, 1.807) is 0 Å². The third-order valence-electron chi connectivity index (χ3n) is 11.4. The molecule has 4 aliphatic carbocycles. The monoisotopic (exact) mass is 489 g/mol. The highest BCUT2D eigenvalue weighted by molar-refractivity contribution is 6.74. The Morgan fingerprint density at radius 3 is 2.46 bits per heavy atom. The van der Waals surface area contributed by atoms with Gasteiger partial charge >= 0.3 is 0 Å². The minimum Gasteiger partial charge on any atom is -0.412 e. The van der Waals surface area contributed by atoms with Crippen molar-refractivity contribution in [1.29, 1.82) is 5.26 Å². The van der Waals surface area contributed by atoms with Crippen LogP contribution in [0, 0.1) is 46.3 Å². The number of hydrogen-bond acceptors (Lipinski definition) is 2. The van der Waals surface area contributed by atoms with Gasteiger partial charge in [-0.1, -0.05) is 45.9 Å². The summed E-state index contributed by atoms with van der Waals surface area (Å²) in [5.41, 5.74) is 3.96. The zero-order valence-corrected chi connectivity index (χ0v) is 24.3. The predicted octanol–water partition coefficient (Wildman–Crippen LogP) is 8.98. The van der Waals surface area contributed by atoms with Crippen LogP contribution in [-0.4, -0.2) is 13.9 Å². The van der Waals surface area contributed by atoms with E-state index in [1.165, 1.54) is 62.5 Å². The fourth-order valence-corrected chi connectivity index (χ4v) is 10.4. The van der Waals surface area contributed by atoms with Crippen molar-refractivity contribution in [3.8, 4) is 6.07 Å². The molecule has 0 unspecified atom stereocenters. The third kappa shape index (κ3) is 4.27. The molecule has 1 aromatic carbocycles. The smallest absolute Gasteiger partial charge is 0.192 e. The molecule has 3 heteroatoms. The Bertz CT molecular complexity index is 1040. The molecule has 0 N–H and O–H groups in total. The van der Waals surface area contributed by atoms with E-state index < -0.39 is 8.32 Å². The van der Waals surface area contributed by atoms with E-state index in [4.69, 9.17) is 4.43 Å². The lowest BCUT2D eigenvalue weighted by atomic mass is 9.49. The van der Waals surface area contributed by atoms with Crippen LogP contribution in [0.1, 0.15) is 97.1 Å². The molecule has 0 spiro atoms. The molecule has 0 radical (unpaired) electrons. The highest BCUT2D eigenvalue weighted by Crippen LogP contribution is 2.65. The predicted molar refractivity (Wildman–Crippen MR) is 148 cm³/mol. The standard InChI is InChI=1S/C32H47NOSi/c1-30(2,3)35(6,7)34-31(4)17-15-25-24(20-31)11-12-27-26(25)16-18-32(5)28(13-14-29(27)32)23-10-8-9-22(19-23)21-33/h8-10,13,19,24-27,29H,11-12,14-18,20H2,1-7H3/t24-,25+,26-,27-,29+,31-,32-/m1/s1. The lowest BCUT2D eigenvalue weighted by molar-refractivity contribution is -0.0836. The third-order valence-corrected chi connectivity index (χ3v) is 16.0. The van der Waals surface area contributed by atoms with E-state index in [1.807, 2.05) is 6.07 Å². The summed E-state index contributed by atoms with van der Waals surface area (Å²) in [4.78, 5) is 0. The second-order valence-electron chi connectivity index (χ2n) is 14.5. The van der Waals surface area contributed by atoms with Crippen LogP contribution in [0.4, 0.5) is 0 Å². The minimum absolute atomic E-state index is 0.0774. The lowest BCUT2D eigenvalue weighted by Crippen LogP contribution is -2.54. The fourth-order valence-electron chi connectivity index (χ4n) is 8.70. The maximum absolute atomic E-state index is 9.43. The Kier molecular flexibility index (Phi) is 6.21. The van der Waals surface area contributed by atoms with Crippen molar-refractivity contribution in [2.24, 2.45) is 35.0 Å². The second kappa shape index (κ2) is 8.59. The number of fused-ring (bicyclic) bond motifs is 5. The molecule has 0 bridgehead atoms. The van der Waals surface area contributed by atoms with E-state index in [2.05, 4.69) is 78.1 Å². The van der Waals surface area contributed by atoms with E-state index in [-0.39, 0.29) is 16.1 Å². The number of allylic oxidation sites excluding steroid dienone is 2. The molecule has 0 saturated heterocycles. The van der Waals surface area contributed by atoms with Crippen LogP contribution in [0.3, 0.4) is 0 Å². The minimum atomic E-state index is -1.76. The van der Waals surface area contributed by atoms with Gasteiger partial charge in [0.15, 0.2) is 8.32 Å². The van der Waals surface area contributed by atoms with Gasteiger partial charge in [-0.3, -0.25) is 0 Å². The molecule has 1 aromatic rings. The molecule has 190 valence electrons. The van der Waals surface area contributed by atoms with Crippen molar-refractivity contribution in [3.05, 3.63) is 41.5 Å². The lowest BCUT2D eigenvalue weighted by Gasteiger charge is -2.58. The van der Waals surface area contributed by atoms with Crippen LogP contribution in [0.2, 0.25) is 18.1 Å². The topological polar surface area (TPSA) is 33.0 Å². The summed E-state index contributed by atoms with van der Waals surface area (Å²) in [6.07, 6.45) is 13.2. The van der Waals surface area contributed by atoms with Gasteiger partial charge in [-0.05, 0) is 135 Å². The van der Waals surface area contributed by atoms with Crippen LogP contribution < -0.4 is 0 Å². The summed E-state index contributed by atoms with van der Waals surface area (Å²) in [6.45, 7) is 17.0. The van der Waals surface area contributed by atoms with Gasteiger partial charge in [0, 0.05) is 0 Å². The first-order valence-electron chi connectivity index (χ1n) is 14.3. The van der Waals surface area contributed by atoms with Crippen LogP contribution >= 0.6 is 0 Å². The quantitative estimate of drug-likeness (QED) is 0.397. The van der Waals surface area contributed by atoms with Crippen molar-refractivity contribution in [2.45, 2.75) is 110 Å². The molecule has 2 nitrogen and oxygen atoms in total. The summed E-state index contributed by atoms with van der Waals surface area (Å²) in [5, 5.41) is 9.70. The molecule has 0 aliphatic heterocycles. The molecule has 3 saturated carbocycles. The Labute approximate surface area is 215 Å². The number of rotatable bonds is 3. The molecule has 35 heavy (non-hydrogen) atoms. The first-order valence-corrected chi connectivity index (χ1v) is 17.2. The normalized spacial score (nSPS) is 39.1.